The van der Waals surface area contributed by atoms with Crippen LogP contribution in [0.15, 0.2) is 0 Å². The second kappa shape index (κ2) is 6.38. The SMILES string of the molecule is N=C(N)NCCCC(N)C(=O)CN. The highest BCUT2D eigenvalue weighted by atomic mass is 16.1. The average molecular weight is 187 g/mol. The number of Topliss-reactive ketones (excluding diaryl/α,β-unsaturated/α-hetero) is 1. The van der Waals surface area contributed by atoms with Crippen molar-refractivity contribution in [1.82, 2.24) is 5.32 Å². The first kappa shape index (κ1) is 11.9. The highest BCUT2D eigenvalue weighted by molar-refractivity contribution is 5.85. The fraction of sp³-hybridized carbons (Fsp3) is 0.714. The Kier molecular flexibility index (Phi) is 5.82. The summed E-state index contributed by atoms with van der Waals surface area (Å²) < 4.78 is 0. The second-order valence-corrected chi connectivity index (χ2v) is 2.76. The lowest BCUT2D eigenvalue weighted by atomic mass is 10.1. The van der Waals surface area contributed by atoms with Crippen molar-refractivity contribution in [3.63, 3.8) is 0 Å². The van der Waals surface area contributed by atoms with Crippen LogP contribution in [-0.4, -0.2) is 30.9 Å². The van der Waals surface area contributed by atoms with Gasteiger partial charge in [-0.3, -0.25) is 10.2 Å². The van der Waals surface area contributed by atoms with Crippen molar-refractivity contribution in [1.29, 1.82) is 5.41 Å². The first-order valence-corrected chi connectivity index (χ1v) is 4.14. The molecule has 8 N–H and O–H groups in total. The molecule has 0 aliphatic carbocycles. The van der Waals surface area contributed by atoms with Crippen molar-refractivity contribution < 1.29 is 4.79 Å². The van der Waals surface area contributed by atoms with Gasteiger partial charge in [-0.15, -0.1) is 0 Å². The van der Waals surface area contributed by atoms with Crippen molar-refractivity contribution >= 4 is 11.7 Å². The van der Waals surface area contributed by atoms with E-state index in [9.17, 15) is 4.79 Å². The smallest absolute Gasteiger partial charge is 0.185 e. The number of hydrogen-bond acceptors (Lipinski definition) is 4. The number of carbonyl (C=O) groups excluding carboxylic acids is 1. The minimum Gasteiger partial charge on any atom is -0.370 e. The van der Waals surface area contributed by atoms with Crippen LogP contribution in [0, 0.1) is 5.41 Å². The lowest BCUT2D eigenvalue weighted by Crippen LogP contribution is -2.37. The molecule has 0 aliphatic heterocycles. The van der Waals surface area contributed by atoms with E-state index >= 15 is 0 Å². The van der Waals surface area contributed by atoms with Gasteiger partial charge in [0.2, 0.25) is 0 Å². The molecule has 0 aromatic heterocycles. The number of ketones is 1. The maximum atomic E-state index is 10.9. The Morgan fingerprint density at radius 2 is 2.15 bits per heavy atom. The van der Waals surface area contributed by atoms with Gasteiger partial charge in [-0.25, -0.2) is 0 Å². The number of guanidine groups is 1. The zero-order chi connectivity index (χ0) is 10.3. The molecule has 0 saturated heterocycles. The predicted molar refractivity (Wildman–Crippen MR) is 51.2 cm³/mol. The molecular weight excluding hydrogens is 170 g/mol. The van der Waals surface area contributed by atoms with E-state index in [0.29, 0.717) is 19.4 Å². The van der Waals surface area contributed by atoms with E-state index in [1.165, 1.54) is 0 Å². The quantitative estimate of drug-likeness (QED) is 0.188. The van der Waals surface area contributed by atoms with E-state index in [0.717, 1.165) is 0 Å². The zero-order valence-corrected chi connectivity index (χ0v) is 7.55. The summed E-state index contributed by atoms with van der Waals surface area (Å²) >= 11 is 0. The zero-order valence-electron chi connectivity index (χ0n) is 7.55. The van der Waals surface area contributed by atoms with E-state index in [-0.39, 0.29) is 18.3 Å². The second-order valence-electron chi connectivity index (χ2n) is 2.76. The summed E-state index contributed by atoms with van der Waals surface area (Å²) in [5, 5.41) is 9.47. The van der Waals surface area contributed by atoms with Crippen LogP contribution in [0.5, 0.6) is 0 Å². The molecule has 0 aliphatic rings. The predicted octanol–water partition coefficient (Wildman–Crippen LogP) is -1.90. The molecular formula is C7H17N5O. The normalized spacial score (nSPS) is 12.2. The first-order valence-electron chi connectivity index (χ1n) is 4.14. The number of rotatable bonds is 6. The average Bonchev–Trinajstić information content (AvgIpc) is 2.10. The summed E-state index contributed by atoms with van der Waals surface area (Å²) in [4.78, 5) is 10.9. The van der Waals surface area contributed by atoms with Gasteiger partial charge in [-0.1, -0.05) is 0 Å². The minimum absolute atomic E-state index is 0.0126. The van der Waals surface area contributed by atoms with Crippen molar-refractivity contribution in [2.75, 3.05) is 13.1 Å². The van der Waals surface area contributed by atoms with Crippen LogP contribution in [0.3, 0.4) is 0 Å². The van der Waals surface area contributed by atoms with E-state index < -0.39 is 6.04 Å². The van der Waals surface area contributed by atoms with E-state index in [2.05, 4.69) is 5.32 Å². The highest BCUT2D eigenvalue weighted by Crippen LogP contribution is 1.93. The summed E-state index contributed by atoms with van der Waals surface area (Å²) in [5.41, 5.74) is 15.7. The van der Waals surface area contributed by atoms with Crippen LogP contribution in [-0.2, 0) is 4.79 Å². The van der Waals surface area contributed by atoms with E-state index in [4.69, 9.17) is 22.6 Å². The molecule has 0 rings (SSSR count). The van der Waals surface area contributed by atoms with Crippen molar-refractivity contribution in [2.45, 2.75) is 18.9 Å². The van der Waals surface area contributed by atoms with Crippen LogP contribution in [0.1, 0.15) is 12.8 Å². The lowest BCUT2D eigenvalue weighted by Gasteiger charge is -2.09. The molecule has 1 unspecified atom stereocenters. The van der Waals surface area contributed by atoms with Gasteiger partial charge in [0.1, 0.15) is 0 Å². The summed E-state index contributed by atoms with van der Waals surface area (Å²) in [5.74, 6) is -0.207. The Labute approximate surface area is 77.3 Å². The van der Waals surface area contributed by atoms with E-state index in [1.54, 1.807) is 0 Å². The maximum Gasteiger partial charge on any atom is 0.185 e. The monoisotopic (exact) mass is 187 g/mol. The Morgan fingerprint density at radius 3 is 2.62 bits per heavy atom. The molecule has 6 heteroatoms. The number of hydrogen-bond donors (Lipinski definition) is 5. The number of nitrogens with two attached hydrogens (primary N) is 3. The Bertz CT molecular complexity index is 182. The lowest BCUT2D eigenvalue weighted by molar-refractivity contribution is -0.119. The Balaban J connectivity index is 3.42. The summed E-state index contributed by atoms with van der Waals surface area (Å²) in [6.45, 7) is 0.544. The topological polar surface area (TPSA) is 131 Å². The van der Waals surface area contributed by atoms with E-state index in [1.807, 2.05) is 0 Å². The first-order chi connectivity index (χ1) is 6.07. The fourth-order valence-corrected chi connectivity index (χ4v) is 0.857. The molecule has 0 saturated carbocycles. The molecule has 0 bridgehead atoms. The van der Waals surface area contributed by atoms with Crippen molar-refractivity contribution in [2.24, 2.45) is 17.2 Å². The number of carbonyl (C=O) groups is 1. The van der Waals surface area contributed by atoms with Gasteiger partial charge < -0.3 is 22.5 Å². The molecule has 0 aromatic carbocycles. The van der Waals surface area contributed by atoms with Gasteiger partial charge >= 0.3 is 0 Å². The minimum atomic E-state index is -0.487. The van der Waals surface area contributed by atoms with Crippen LogP contribution >= 0.6 is 0 Å². The van der Waals surface area contributed by atoms with Crippen molar-refractivity contribution in [3.05, 3.63) is 0 Å². The standard InChI is InChI=1S/C7H17N5O/c8-4-6(13)5(9)2-1-3-12-7(10)11/h5H,1-4,8-9H2,(H4,10,11,12). The number of nitrogens with one attached hydrogen (secondary N) is 2. The van der Waals surface area contributed by atoms with Crippen LogP contribution in [0.25, 0.3) is 0 Å². The molecule has 0 amide bonds. The molecule has 6 nitrogen and oxygen atoms in total. The van der Waals surface area contributed by atoms with Gasteiger partial charge in [0.15, 0.2) is 11.7 Å². The molecule has 0 aromatic rings. The third-order valence-electron chi connectivity index (χ3n) is 1.62. The summed E-state index contributed by atoms with van der Waals surface area (Å²) in [6.07, 6.45) is 1.27. The largest absolute Gasteiger partial charge is 0.370 e. The van der Waals surface area contributed by atoms with Crippen LogP contribution in [0.4, 0.5) is 0 Å². The Hall–Kier alpha value is -1.14. The summed E-state index contributed by atoms with van der Waals surface area (Å²) in [7, 11) is 0. The van der Waals surface area contributed by atoms with Crippen LogP contribution in [0.2, 0.25) is 0 Å². The van der Waals surface area contributed by atoms with Gasteiger partial charge in [0.05, 0.1) is 12.6 Å². The molecule has 0 fully saturated rings. The third kappa shape index (κ3) is 6.06. The maximum absolute atomic E-state index is 10.9. The highest BCUT2D eigenvalue weighted by Gasteiger charge is 2.10. The van der Waals surface area contributed by atoms with Crippen molar-refractivity contribution in [3.8, 4) is 0 Å². The van der Waals surface area contributed by atoms with Gasteiger partial charge in [-0.05, 0) is 12.8 Å². The molecule has 0 heterocycles. The fourth-order valence-electron chi connectivity index (χ4n) is 0.857. The van der Waals surface area contributed by atoms with Gasteiger partial charge in [0, 0.05) is 6.54 Å². The summed E-state index contributed by atoms with van der Waals surface area (Å²) in [6, 6.07) is -0.487. The molecule has 13 heavy (non-hydrogen) atoms. The molecule has 1 atom stereocenters. The molecule has 76 valence electrons. The molecule has 0 radical (unpaired) electrons. The third-order valence-corrected chi connectivity index (χ3v) is 1.62. The van der Waals surface area contributed by atoms with Crippen LogP contribution < -0.4 is 22.5 Å². The van der Waals surface area contributed by atoms with Gasteiger partial charge in [-0.2, -0.15) is 0 Å². The Morgan fingerprint density at radius 1 is 1.54 bits per heavy atom. The molecule has 0 spiro atoms. The van der Waals surface area contributed by atoms with Gasteiger partial charge in [0.25, 0.3) is 0 Å².